The van der Waals surface area contributed by atoms with Crippen molar-refractivity contribution in [3.8, 4) is 0 Å². The van der Waals surface area contributed by atoms with E-state index in [1.54, 1.807) is 0 Å². The summed E-state index contributed by atoms with van der Waals surface area (Å²) in [5.41, 5.74) is 0. The summed E-state index contributed by atoms with van der Waals surface area (Å²) in [5, 5.41) is 10.9. The smallest absolute Gasteiger partial charge is 0.390 e. The Kier molecular flexibility index (Phi) is 5.00. The standard InChI is InChI=1S/C11H13F3N2O4/c1-16(5-4-11(12,13)14)10(19)15-6-7-2-3-8(20-7)9(17)18/h2-3H,4-6H2,1H3,(H,15,19)(H,17,18). The quantitative estimate of drug-likeness (QED) is 0.871. The van der Waals surface area contributed by atoms with E-state index >= 15 is 0 Å². The average Bonchev–Trinajstić information content (AvgIpc) is 2.81. The predicted octanol–water partition coefficient (Wildman–Crippen LogP) is 2.07. The van der Waals surface area contributed by atoms with E-state index in [0.29, 0.717) is 0 Å². The molecule has 0 unspecified atom stereocenters. The van der Waals surface area contributed by atoms with Crippen LogP contribution in [0.4, 0.5) is 18.0 Å². The van der Waals surface area contributed by atoms with Crippen LogP contribution in [0, 0.1) is 0 Å². The van der Waals surface area contributed by atoms with Gasteiger partial charge in [-0.1, -0.05) is 0 Å². The van der Waals surface area contributed by atoms with Gasteiger partial charge in [0.25, 0.3) is 0 Å². The molecule has 0 atom stereocenters. The Labute approximate surface area is 112 Å². The lowest BCUT2D eigenvalue weighted by Crippen LogP contribution is -2.38. The number of carboxylic acids is 1. The minimum absolute atomic E-state index is 0.109. The van der Waals surface area contributed by atoms with Crippen molar-refractivity contribution in [1.82, 2.24) is 10.2 Å². The van der Waals surface area contributed by atoms with E-state index in [4.69, 9.17) is 9.52 Å². The summed E-state index contributed by atoms with van der Waals surface area (Å²) in [5.74, 6) is -1.33. The lowest BCUT2D eigenvalue weighted by molar-refractivity contribution is -0.136. The van der Waals surface area contributed by atoms with Crippen LogP contribution in [0.1, 0.15) is 22.7 Å². The van der Waals surface area contributed by atoms with E-state index in [2.05, 4.69) is 5.32 Å². The number of rotatable bonds is 5. The van der Waals surface area contributed by atoms with Crippen molar-refractivity contribution in [3.63, 3.8) is 0 Å². The van der Waals surface area contributed by atoms with E-state index in [-0.39, 0.29) is 18.1 Å². The monoisotopic (exact) mass is 294 g/mol. The van der Waals surface area contributed by atoms with Gasteiger partial charge in [-0.15, -0.1) is 0 Å². The Morgan fingerprint density at radius 3 is 2.55 bits per heavy atom. The number of nitrogens with zero attached hydrogens (tertiary/aromatic N) is 1. The third kappa shape index (κ3) is 5.21. The van der Waals surface area contributed by atoms with Crippen LogP contribution in [0.3, 0.4) is 0 Å². The molecule has 0 aliphatic carbocycles. The van der Waals surface area contributed by atoms with Gasteiger partial charge in [-0.3, -0.25) is 0 Å². The van der Waals surface area contributed by atoms with Gasteiger partial charge in [-0.2, -0.15) is 13.2 Å². The topological polar surface area (TPSA) is 82.8 Å². The first-order valence-electron chi connectivity index (χ1n) is 5.57. The van der Waals surface area contributed by atoms with Crippen molar-refractivity contribution >= 4 is 12.0 Å². The number of hydrogen-bond donors (Lipinski definition) is 2. The number of amides is 2. The maximum absolute atomic E-state index is 12.0. The number of urea groups is 1. The molecule has 0 spiro atoms. The summed E-state index contributed by atoms with van der Waals surface area (Å²) >= 11 is 0. The second kappa shape index (κ2) is 6.31. The van der Waals surface area contributed by atoms with Crippen molar-refractivity contribution in [3.05, 3.63) is 23.7 Å². The van der Waals surface area contributed by atoms with Crippen LogP contribution in [-0.2, 0) is 6.54 Å². The highest BCUT2D eigenvalue weighted by atomic mass is 19.4. The Morgan fingerprint density at radius 2 is 2.05 bits per heavy atom. The fourth-order valence-corrected chi connectivity index (χ4v) is 1.28. The number of furan rings is 1. The molecule has 0 aliphatic heterocycles. The molecule has 2 amide bonds. The van der Waals surface area contributed by atoms with Crippen molar-refractivity contribution in [1.29, 1.82) is 0 Å². The molecule has 0 aromatic carbocycles. The van der Waals surface area contributed by atoms with E-state index in [1.165, 1.54) is 19.2 Å². The molecule has 20 heavy (non-hydrogen) atoms. The largest absolute Gasteiger partial charge is 0.475 e. The van der Waals surface area contributed by atoms with Crippen LogP contribution in [0.25, 0.3) is 0 Å². The van der Waals surface area contributed by atoms with Gasteiger partial charge in [0.15, 0.2) is 0 Å². The maximum Gasteiger partial charge on any atom is 0.390 e. The van der Waals surface area contributed by atoms with Crippen molar-refractivity contribution in [2.75, 3.05) is 13.6 Å². The molecule has 0 radical (unpaired) electrons. The Balaban J connectivity index is 2.40. The molecule has 6 nitrogen and oxygen atoms in total. The Morgan fingerprint density at radius 1 is 1.40 bits per heavy atom. The maximum atomic E-state index is 12.0. The van der Waals surface area contributed by atoms with Crippen LogP contribution in [0.2, 0.25) is 0 Å². The molecular weight excluding hydrogens is 281 g/mol. The van der Waals surface area contributed by atoms with Crippen molar-refractivity contribution in [2.24, 2.45) is 0 Å². The summed E-state index contributed by atoms with van der Waals surface area (Å²) in [6.07, 6.45) is -5.42. The summed E-state index contributed by atoms with van der Waals surface area (Å²) in [4.78, 5) is 22.9. The average molecular weight is 294 g/mol. The van der Waals surface area contributed by atoms with Gasteiger partial charge in [0.1, 0.15) is 5.76 Å². The zero-order chi connectivity index (χ0) is 15.3. The molecule has 112 valence electrons. The molecular formula is C11H13F3N2O4. The summed E-state index contributed by atoms with van der Waals surface area (Å²) in [6, 6.07) is 1.87. The normalized spacial score (nSPS) is 11.2. The van der Waals surface area contributed by atoms with Gasteiger partial charge < -0.3 is 19.7 Å². The van der Waals surface area contributed by atoms with Gasteiger partial charge in [-0.05, 0) is 12.1 Å². The third-order valence-electron chi connectivity index (χ3n) is 2.36. The Bertz CT molecular complexity index is 484. The Hall–Kier alpha value is -2.19. The van der Waals surface area contributed by atoms with Gasteiger partial charge >= 0.3 is 18.2 Å². The number of nitrogens with one attached hydrogen (secondary N) is 1. The number of alkyl halides is 3. The second-order valence-electron chi connectivity index (χ2n) is 4.02. The predicted molar refractivity (Wildman–Crippen MR) is 61.2 cm³/mol. The van der Waals surface area contributed by atoms with Crippen LogP contribution in [0.15, 0.2) is 16.5 Å². The number of carbonyl (C=O) groups is 2. The van der Waals surface area contributed by atoms with E-state index < -0.39 is 31.1 Å². The van der Waals surface area contributed by atoms with Crippen molar-refractivity contribution in [2.45, 2.75) is 19.1 Å². The fourth-order valence-electron chi connectivity index (χ4n) is 1.28. The molecule has 0 fully saturated rings. The number of aromatic carboxylic acids is 1. The van der Waals surface area contributed by atoms with E-state index in [0.717, 1.165) is 4.90 Å². The van der Waals surface area contributed by atoms with Gasteiger partial charge in [0.2, 0.25) is 5.76 Å². The van der Waals surface area contributed by atoms with Gasteiger partial charge in [-0.25, -0.2) is 9.59 Å². The first-order valence-corrected chi connectivity index (χ1v) is 5.57. The first-order chi connectivity index (χ1) is 9.19. The minimum Gasteiger partial charge on any atom is -0.475 e. The molecule has 1 aromatic rings. The number of halogens is 3. The number of carboxylic acid groups (broad SMARTS) is 1. The number of carbonyl (C=O) groups excluding carboxylic acids is 1. The molecule has 1 aromatic heterocycles. The molecule has 1 heterocycles. The lowest BCUT2D eigenvalue weighted by atomic mass is 10.4. The zero-order valence-electron chi connectivity index (χ0n) is 10.5. The molecule has 2 N–H and O–H groups in total. The number of hydrogen-bond acceptors (Lipinski definition) is 3. The zero-order valence-corrected chi connectivity index (χ0v) is 10.5. The fraction of sp³-hybridized carbons (Fsp3) is 0.455. The van der Waals surface area contributed by atoms with Crippen molar-refractivity contribution < 1.29 is 32.3 Å². The lowest BCUT2D eigenvalue weighted by Gasteiger charge is -2.18. The van der Waals surface area contributed by atoms with Crippen LogP contribution < -0.4 is 5.32 Å². The van der Waals surface area contributed by atoms with Crippen LogP contribution in [0.5, 0.6) is 0 Å². The van der Waals surface area contributed by atoms with Crippen LogP contribution in [-0.4, -0.2) is 41.8 Å². The molecule has 0 saturated heterocycles. The van der Waals surface area contributed by atoms with Gasteiger partial charge in [0, 0.05) is 13.6 Å². The second-order valence-corrected chi connectivity index (χ2v) is 4.02. The van der Waals surface area contributed by atoms with E-state index in [1.807, 2.05) is 0 Å². The van der Waals surface area contributed by atoms with Crippen LogP contribution >= 0.6 is 0 Å². The SMILES string of the molecule is CN(CCC(F)(F)F)C(=O)NCc1ccc(C(=O)O)o1. The minimum atomic E-state index is -4.33. The highest BCUT2D eigenvalue weighted by Gasteiger charge is 2.28. The highest BCUT2D eigenvalue weighted by Crippen LogP contribution is 2.19. The molecule has 0 bridgehead atoms. The summed E-state index contributed by atoms with van der Waals surface area (Å²) in [7, 11) is 1.23. The summed E-state index contributed by atoms with van der Waals surface area (Å²) in [6.45, 7) is -0.573. The van der Waals surface area contributed by atoms with Gasteiger partial charge in [0.05, 0.1) is 13.0 Å². The molecule has 0 aliphatic rings. The third-order valence-corrected chi connectivity index (χ3v) is 2.36. The molecule has 0 saturated carbocycles. The molecule has 1 rings (SSSR count). The first kappa shape index (κ1) is 15.9. The van der Waals surface area contributed by atoms with E-state index in [9.17, 15) is 22.8 Å². The highest BCUT2D eigenvalue weighted by molar-refractivity contribution is 5.84. The molecule has 9 heteroatoms. The summed E-state index contributed by atoms with van der Waals surface area (Å²) < 4.78 is 40.8.